The minimum absolute atomic E-state index is 0.0344. The van der Waals surface area contributed by atoms with Crippen LogP contribution in [0.15, 0.2) is 35.5 Å². The molecule has 1 aromatic carbocycles. The third-order valence-corrected chi connectivity index (χ3v) is 1.98. The van der Waals surface area contributed by atoms with Crippen molar-refractivity contribution in [1.29, 1.82) is 5.26 Å². The summed E-state index contributed by atoms with van der Waals surface area (Å²) < 4.78 is 18.1. The number of benzene rings is 1. The lowest BCUT2D eigenvalue weighted by atomic mass is 10.1. The number of ketones is 1. The molecule has 0 radical (unpaired) electrons. The first-order valence-corrected chi connectivity index (χ1v) is 4.83. The number of nitrogens with zero attached hydrogens (tertiary/aromatic N) is 1. The lowest BCUT2D eigenvalue weighted by Gasteiger charge is -2.06. The molecule has 0 aromatic heterocycles. The third kappa shape index (κ3) is 3.31. The Morgan fingerprint density at radius 1 is 1.53 bits per heavy atom. The maximum absolute atomic E-state index is 13.1. The summed E-state index contributed by atoms with van der Waals surface area (Å²) in [6.45, 7) is 1.03. The Morgan fingerprint density at radius 2 is 2.18 bits per heavy atom. The Morgan fingerprint density at radius 3 is 2.71 bits per heavy atom. The third-order valence-electron chi connectivity index (χ3n) is 1.98. The molecule has 0 saturated carbocycles. The van der Waals surface area contributed by atoms with Gasteiger partial charge in [-0.3, -0.25) is 4.79 Å². The Bertz CT molecular complexity index is 499. The van der Waals surface area contributed by atoms with Crippen LogP contribution in [0.2, 0.25) is 0 Å². The predicted octanol–water partition coefficient (Wildman–Crippen LogP) is 1.53. The molecule has 0 heterocycles. The first-order chi connectivity index (χ1) is 8.06. The molecule has 0 spiro atoms. The fourth-order valence-corrected chi connectivity index (χ4v) is 1.15. The number of nitriles is 1. The second kappa shape index (κ2) is 5.66. The zero-order chi connectivity index (χ0) is 12.8. The summed E-state index contributed by atoms with van der Waals surface area (Å²) in [5.74, 6) is -1.17. The van der Waals surface area contributed by atoms with Crippen LogP contribution in [-0.4, -0.2) is 12.4 Å². The quantitative estimate of drug-likeness (QED) is 0.633. The molecule has 0 aliphatic rings. The van der Waals surface area contributed by atoms with Crippen molar-refractivity contribution in [2.24, 2.45) is 5.73 Å². The highest BCUT2D eigenvalue weighted by molar-refractivity contribution is 6.00. The molecule has 0 saturated heterocycles. The number of carbonyl (C=O) groups is 1. The number of Topliss-reactive ketones (excluding diaryl/α,β-unsaturated/α-hetero) is 1. The van der Waals surface area contributed by atoms with Crippen LogP contribution in [0, 0.1) is 17.1 Å². The average Bonchev–Trinajstić information content (AvgIpc) is 2.28. The normalized spacial score (nSPS) is 11.4. The molecule has 0 unspecified atom stereocenters. The van der Waals surface area contributed by atoms with Gasteiger partial charge in [0.25, 0.3) is 0 Å². The van der Waals surface area contributed by atoms with Crippen molar-refractivity contribution in [3.63, 3.8) is 0 Å². The molecular weight excluding hydrogens is 223 g/mol. The molecular formula is C12H11FN2O2. The fraction of sp³-hybridized carbons (Fsp3) is 0.167. The van der Waals surface area contributed by atoms with Gasteiger partial charge in [-0.2, -0.15) is 5.26 Å². The van der Waals surface area contributed by atoms with Crippen molar-refractivity contribution in [2.45, 2.75) is 6.92 Å². The van der Waals surface area contributed by atoms with Crippen LogP contribution in [0.5, 0.6) is 5.75 Å². The smallest absolute Gasteiger partial charge is 0.212 e. The summed E-state index contributed by atoms with van der Waals surface area (Å²) in [5, 5.41) is 8.68. The highest BCUT2D eigenvalue weighted by Crippen LogP contribution is 2.15. The van der Waals surface area contributed by atoms with Crippen molar-refractivity contribution >= 4 is 5.78 Å². The number of ether oxygens (including phenoxy) is 1. The van der Waals surface area contributed by atoms with Gasteiger partial charge >= 0.3 is 0 Å². The lowest BCUT2D eigenvalue weighted by molar-refractivity contribution is -0.117. The number of rotatable bonds is 4. The molecule has 5 heteroatoms. The summed E-state index contributed by atoms with van der Waals surface area (Å²) in [5.41, 5.74) is 5.31. The van der Waals surface area contributed by atoms with Gasteiger partial charge < -0.3 is 10.5 Å². The van der Waals surface area contributed by atoms with Gasteiger partial charge in [0, 0.05) is 5.70 Å². The summed E-state index contributed by atoms with van der Waals surface area (Å²) in [6, 6.07) is 7.39. The second-order valence-corrected chi connectivity index (χ2v) is 3.31. The average molecular weight is 234 g/mol. The van der Waals surface area contributed by atoms with Crippen LogP contribution in [0.3, 0.4) is 0 Å². The minimum Gasteiger partial charge on any atom is -0.482 e. The SMILES string of the molecule is C/C(N)=C(/C#N)C(=O)COc1ccccc1F. The van der Waals surface area contributed by atoms with Gasteiger partial charge in [0.1, 0.15) is 11.6 Å². The number of carbonyl (C=O) groups excluding carboxylic acids is 1. The van der Waals surface area contributed by atoms with E-state index in [1.807, 2.05) is 0 Å². The van der Waals surface area contributed by atoms with Gasteiger partial charge in [-0.15, -0.1) is 0 Å². The van der Waals surface area contributed by atoms with Gasteiger partial charge in [-0.25, -0.2) is 4.39 Å². The van der Waals surface area contributed by atoms with Crippen LogP contribution in [0.1, 0.15) is 6.92 Å². The highest BCUT2D eigenvalue weighted by Gasteiger charge is 2.13. The first-order valence-electron chi connectivity index (χ1n) is 4.83. The van der Waals surface area contributed by atoms with E-state index in [2.05, 4.69) is 0 Å². The first kappa shape index (κ1) is 12.7. The molecule has 0 atom stereocenters. The van der Waals surface area contributed by atoms with Crippen molar-refractivity contribution in [3.8, 4) is 11.8 Å². The maximum atomic E-state index is 13.1. The molecule has 4 nitrogen and oxygen atoms in total. The van der Waals surface area contributed by atoms with E-state index in [1.54, 1.807) is 12.1 Å². The van der Waals surface area contributed by atoms with E-state index >= 15 is 0 Å². The van der Waals surface area contributed by atoms with E-state index in [-0.39, 0.29) is 17.0 Å². The maximum Gasteiger partial charge on any atom is 0.212 e. The van der Waals surface area contributed by atoms with E-state index in [4.69, 9.17) is 15.7 Å². The summed E-state index contributed by atoms with van der Waals surface area (Å²) in [7, 11) is 0. The van der Waals surface area contributed by atoms with Crippen LogP contribution >= 0.6 is 0 Å². The predicted molar refractivity (Wildman–Crippen MR) is 59.4 cm³/mol. The molecule has 0 bridgehead atoms. The molecule has 88 valence electrons. The lowest BCUT2D eigenvalue weighted by Crippen LogP contribution is -2.16. The monoisotopic (exact) mass is 234 g/mol. The van der Waals surface area contributed by atoms with Crippen molar-refractivity contribution in [2.75, 3.05) is 6.61 Å². The van der Waals surface area contributed by atoms with Gasteiger partial charge in [0.05, 0.1) is 0 Å². The molecule has 17 heavy (non-hydrogen) atoms. The van der Waals surface area contributed by atoms with E-state index in [1.165, 1.54) is 25.1 Å². The van der Waals surface area contributed by atoms with Crippen molar-refractivity contribution in [1.82, 2.24) is 0 Å². The number of para-hydroxylation sites is 1. The van der Waals surface area contributed by atoms with E-state index in [9.17, 15) is 9.18 Å². The molecule has 1 aromatic rings. The molecule has 0 fully saturated rings. The van der Waals surface area contributed by atoms with E-state index < -0.39 is 18.2 Å². The van der Waals surface area contributed by atoms with Crippen LogP contribution in [0.25, 0.3) is 0 Å². The van der Waals surface area contributed by atoms with E-state index in [0.29, 0.717) is 0 Å². The Balaban J connectivity index is 2.71. The zero-order valence-electron chi connectivity index (χ0n) is 9.24. The van der Waals surface area contributed by atoms with Gasteiger partial charge in [-0.05, 0) is 19.1 Å². The summed E-state index contributed by atoms with van der Waals surface area (Å²) in [6.07, 6.45) is 0. The topological polar surface area (TPSA) is 76.1 Å². The second-order valence-electron chi connectivity index (χ2n) is 3.31. The molecule has 0 amide bonds. The van der Waals surface area contributed by atoms with Crippen LogP contribution in [-0.2, 0) is 4.79 Å². The highest BCUT2D eigenvalue weighted by atomic mass is 19.1. The Kier molecular flexibility index (Phi) is 4.23. The molecule has 0 aliphatic heterocycles. The number of nitrogens with two attached hydrogens (primary N) is 1. The van der Waals surface area contributed by atoms with Gasteiger partial charge in [-0.1, -0.05) is 12.1 Å². The molecule has 0 aliphatic carbocycles. The van der Waals surface area contributed by atoms with E-state index in [0.717, 1.165) is 0 Å². The van der Waals surface area contributed by atoms with Crippen molar-refractivity contribution in [3.05, 3.63) is 41.4 Å². The Hall–Kier alpha value is -2.35. The number of halogens is 1. The Labute approximate surface area is 98.1 Å². The molecule has 1 rings (SSSR count). The van der Waals surface area contributed by atoms with Gasteiger partial charge in [0.15, 0.2) is 18.2 Å². The summed E-state index contributed by atoms with van der Waals surface area (Å²) in [4.78, 5) is 11.5. The summed E-state index contributed by atoms with van der Waals surface area (Å²) >= 11 is 0. The zero-order valence-corrected chi connectivity index (χ0v) is 9.24. The van der Waals surface area contributed by atoms with Crippen LogP contribution < -0.4 is 10.5 Å². The number of hydrogen-bond acceptors (Lipinski definition) is 4. The fourth-order valence-electron chi connectivity index (χ4n) is 1.15. The molecule has 2 N–H and O–H groups in total. The van der Waals surface area contributed by atoms with Crippen molar-refractivity contribution < 1.29 is 13.9 Å². The van der Waals surface area contributed by atoms with Crippen LogP contribution in [0.4, 0.5) is 4.39 Å². The number of allylic oxidation sites excluding steroid dienone is 1. The van der Waals surface area contributed by atoms with Gasteiger partial charge in [0.2, 0.25) is 5.78 Å². The standard InChI is InChI=1S/C12H11FN2O2/c1-8(15)9(6-14)11(16)7-17-12-5-3-2-4-10(12)13/h2-5H,7,15H2,1H3/b9-8+. The minimum atomic E-state index is -0.573. The largest absolute Gasteiger partial charge is 0.482 e. The number of hydrogen-bond donors (Lipinski definition) is 1.